The van der Waals surface area contributed by atoms with Gasteiger partial charge in [-0.25, -0.2) is 12.8 Å². The highest BCUT2D eigenvalue weighted by atomic mass is 32.2. The number of anilines is 1. The van der Waals surface area contributed by atoms with Gasteiger partial charge >= 0.3 is 0 Å². The zero-order valence-corrected chi connectivity index (χ0v) is 17.2. The number of rotatable bonds is 8. The van der Waals surface area contributed by atoms with E-state index < -0.39 is 33.7 Å². The van der Waals surface area contributed by atoms with Crippen LogP contribution in [-0.4, -0.2) is 44.8 Å². The smallest absolute Gasteiger partial charge is 0.243 e. The minimum atomic E-state index is -3.90. The van der Waals surface area contributed by atoms with Crippen molar-refractivity contribution in [2.24, 2.45) is 5.92 Å². The van der Waals surface area contributed by atoms with E-state index in [1.54, 1.807) is 32.0 Å². The predicted octanol–water partition coefficient (Wildman–Crippen LogP) is 2.23. The summed E-state index contributed by atoms with van der Waals surface area (Å²) in [7, 11) is -2.48. The van der Waals surface area contributed by atoms with E-state index in [0.717, 1.165) is 4.90 Å². The fourth-order valence-corrected chi connectivity index (χ4v) is 3.93. The minimum absolute atomic E-state index is 0.0511. The molecule has 2 N–H and O–H groups in total. The Morgan fingerprint density at radius 3 is 2.17 bits per heavy atom. The maximum absolute atomic E-state index is 12.9. The standard InChI is InChI=1S/C20H24FN3O4S/c1-14(2)19(23-29(27,28)17-7-5-4-6-8-17)20(26)24(3)13-18(25)22-16-11-9-15(21)10-12-16/h4-12,14,19,23H,13H2,1-3H3,(H,22,25). The first-order valence-electron chi connectivity index (χ1n) is 8.98. The monoisotopic (exact) mass is 421 g/mol. The number of carbonyl (C=O) groups is 2. The van der Waals surface area contributed by atoms with Gasteiger partial charge in [0, 0.05) is 12.7 Å². The van der Waals surface area contributed by atoms with E-state index in [1.807, 2.05) is 0 Å². The Morgan fingerprint density at radius 2 is 1.62 bits per heavy atom. The molecule has 0 radical (unpaired) electrons. The SMILES string of the molecule is CC(C)C(NS(=O)(=O)c1ccccc1)C(=O)N(C)CC(=O)Nc1ccc(F)cc1. The van der Waals surface area contributed by atoms with Crippen molar-refractivity contribution in [1.29, 1.82) is 0 Å². The summed E-state index contributed by atoms with van der Waals surface area (Å²) in [6.45, 7) is 3.14. The van der Waals surface area contributed by atoms with Gasteiger partial charge < -0.3 is 10.2 Å². The van der Waals surface area contributed by atoms with Crippen molar-refractivity contribution in [2.75, 3.05) is 18.9 Å². The van der Waals surface area contributed by atoms with Crippen molar-refractivity contribution in [3.63, 3.8) is 0 Å². The van der Waals surface area contributed by atoms with Crippen molar-refractivity contribution in [3.05, 3.63) is 60.4 Å². The molecule has 7 nitrogen and oxygen atoms in total. The Balaban J connectivity index is 2.05. The lowest BCUT2D eigenvalue weighted by molar-refractivity contribution is -0.135. The lowest BCUT2D eigenvalue weighted by atomic mass is 10.0. The Morgan fingerprint density at radius 1 is 1.03 bits per heavy atom. The number of nitrogens with zero attached hydrogens (tertiary/aromatic N) is 1. The Kier molecular flexibility index (Phi) is 7.46. The topological polar surface area (TPSA) is 95.6 Å². The van der Waals surface area contributed by atoms with Crippen LogP contribution in [0.15, 0.2) is 59.5 Å². The zero-order valence-electron chi connectivity index (χ0n) is 16.4. The van der Waals surface area contributed by atoms with E-state index in [0.29, 0.717) is 5.69 Å². The number of hydrogen-bond donors (Lipinski definition) is 2. The zero-order chi connectivity index (χ0) is 21.6. The molecule has 0 fully saturated rings. The molecular weight excluding hydrogens is 397 g/mol. The summed E-state index contributed by atoms with van der Waals surface area (Å²) in [4.78, 5) is 26.2. The van der Waals surface area contributed by atoms with Crippen molar-refractivity contribution in [2.45, 2.75) is 24.8 Å². The van der Waals surface area contributed by atoms with Crippen LogP contribution in [0, 0.1) is 11.7 Å². The fourth-order valence-electron chi connectivity index (χ4n) is 2.57. The van der Waals surface area contributed by atoms with Gasteiger partial charge in [0.2, 0.25) is 21.8 Å². The first kappa shape index (κ1) is 22.5. The molecule has 0 aromatic heterocycles. The second-order valence-corrected chi connectivity index (χ2v) is 8.62. The maximum Gasteiger partial charge on any atom is 0.243 e. The average molecular weight is 421 g/mol. The summed E-state index contributed by atoms with van der Waals surface area (Å²) in [5.41, 5.74) is 0.391. The molecule has 1 atom stereocenters. The van der Waals surface area contributed by atoms with Crippen molar-refractivity contribution in [3.8, 4) is 0 Å². The van der Waals surface area contributed by atoms with E-state index in [2.05, 4.69) is 10.0 Å². The number of carbonyl (C=O) groups excluding carboxylic acids is 2. The van der Waals surface area contributed by atoms with E-state index in [4.69, 9.17) is 0 Å². The maximum atomic E-state index is 12.9. The first-order chi connectivity index (χ1) is 13.6. The largest absolute Gasteiger partial charge is 0.335 e. The normalized spacial score (nSPS) is 12.4. The molecule has 0 saturated heterocycles. The van der Waals surface area contributed by atoms with E-state index >= 15 is 0 Å². The van der Waals surface area contributed by atoms with E-state index in [9.17, 15) is 22.4 Å². The molecule has 156 valence electrons. The average Bonchev–Trinajstić information content (AvgIpc) is 2.68. The van der Waals surface area contributed by atoms with Gasteiger partial charge in [-0.05, 0) is 42.3 Å². The lowest BCUT2D eigenvalue weighted by Gasteiger charge is -2.26. The molecular formula is C20H24FN3O4S. The van der Waals surface area contributed by atoms with Crippen LogP contribution in [0.2, 0.25) is 0 Å². The molecule has 0 bridgehead atoms. The number of likely N-dealkylation sites (N-methyl/N-ethyl adjacent to an activating group) is 1. The Labute approximate surface area is 170 Å². The van der Waals surface area contributed by atoms with Crippen LogP contribution >= 0.6 is 0 Å². The van der Waals surface area contributed by atoms with Gasteiger partial charge in [-0.2, -0.15) is 4.72 Å². The molecule has 0 aliphatic rings. The Bertz CT molecular complexity index is 947. The van der Waals surface area contributed by atoms with Gasteiger partial charge in [0.25, 0.3) is 0 Å². The molecule has 29 heavy (non-hydrogen) atoms. The minimum Gasteiger partial charge on any atom is -0.335 e. The highest BCUT2D eigenvalue weighted by Gasteiger charge is 2.31. The summed E-state index contributed by atoms with van der Waals surface area (Å²) in [6, 6.07) is 11.9. The van der Waals surface area contributed by atoms with Crippen LogP contribution in [-0.2, 0) is 19.6 Å². The summed E-state index contributed by atoms with van der Waals surface area (Å²) >= 11 is 0. The third-order valence-corrected chi connectivity index (χ3v) is 5.61. The lowest BCUT2D eigenvalue weighted by Crippen LogP contribution is -2.51. The molecule has 2 rings (SSSR count). The van der Waals surface area contributed by atoms with E-state index in [1.165, 1.54) is 43.4 Å². The number of amides is 2. The molecule has 1 unspecified atom stereocenters. The van der Waals surface area contributed by atoms with Crippen LogP contribution in [0.1, 0.15) is 13.8 Å². The van der Waals surface area contributed by atoms with Crippen LogP contribution in [0.5, 0.6) is 0 Å². The Hall–Kier alpha value is -2.78. The second-order valence-electron chi connectivity index (χ2n) is 6.91. The third-order valence-electron chi connectivity index (χ3n) is 4.15. The molecule has 2 aromatic carbocycles. The van der Waals surface area contributed by atoms with Gasteiger partial charge in [-0.1, -0.05) is 32.0 Å². The third kappa shape index (κ3) is 6.37. The van der Waals surface area contributed by atoms with Crippen LogP contribution in [0.25, 0.3) is 0 Å². The van der Waals surface area contributed by atoms with Crippen molar-refractivity contribution >= 4 is 27.5 Å². The highest BCUT2D eigenvalue weighted by molar-refractivity contribution is 7.89. The number of sulfonamides is 1. The van der Waals surface area contributed by atoms with Crippen molar-refractivity contribution in [1.82, 2.24) is 9.62 Å². The number of hydrogen-bond acceptors (Lipinski definition) is 4. The van der Waals surface area contributed by atoms with Crippen LogP contribution in [0.4, 0.5) is 10.1 Å². The quantitative estimate of drug-likeness (QED) is 0.683. The molecule has 0 spiro atoms. The highest BCUT2D eigenvalue weighted by Crippen LogP contribution is 2.13. The van der Waals surface area contributed by atoms with Crippen molar-refractivity contribution < 1.29 is 22.4 Å². The number of benzene rings is 2. The number of nitrogens with one attached hydrogen (secondary N) is 2. The van der Waals surface area contributed by atoms with Gasteiger partial charge in [-0.3, -0.25) is 9.59 Å². The van der Waals surface area contributed by atoms with Gasteiger partial charge in [0.1, 0.15) is 11.9 Å². The number of halogens is 1. The molecule has 0 saturated carbocycles. The summed E-state index contributed by atoms with van der Waals surface area (Å²) in [5, 5.41) is 2.56. The van der Waals surface area contributed by atoms with Gasteiger partial charge in [0.15, 0.2) is 0 Å². The summed E-state index contributed by atoms with van der Waals surface area (Å²) in [5.74, 6) is -1.79. The van der Waals surface area contributed by atoms with E-state index in [-0.39, 0.29) is 17.4 Å². The molecule has 2 aromatic rings. The fraction of sp³-hybridized carbons (Fsp3) is 0.300. The van der Waals surface area contributed by atoms with Crippen LogP contribution < -0.4 is 10.0 Å². The molecule has 0 aliphatic heterocycles. The van der Waals surface area contributed by atoms with Gasteiger partial charge in [0.05, 0.1) is 11.4 Å². The molecule has 0 heterocycles. The molecule has 9 heteroatoms. The second kappa shape index (κ2) is 9.62. The molecule has 2 amide bonds. The summed E-state index contributed by atoms with van der Waals surface area (Å²) in [6.07, 6.45) is 0. The first-order valence-corrected chi connectivity index (χ1v) is 10.5. The predicted molar refractivity (Wildman–Crippen MR) is 108 cm³/mol. The van der Waals surface area contributed by atoms with Crippen LogP contribution in [0.3, 0.4) is 0 Å². The molecule has 0 aliphatic carbocycles. The summed E-state index contributed by atoms with van der Waals surface area (Å²) < 4.78 is 40.5. The van der Waals surface area contributed by atoms with Gasteiger partial charge in [-0.15, -0.1) is 0 Å².